The van der Waals surface area contributed by atoms with Crippen molar-refractivity contribution in [3.05, 3.63) is 30.6 Å². The molecule has 0 amide bonds. The van der Waals surface area contributed by atoms with E-state index >= 15 is 0 Å². The first-order chi connectivity index (χ1) is 13.0. The standard InChI is InChI=1S/C20H25N5O2/c1-12(2)26-15-5-6-17-16(7-15)20(24-23-17)18-8-19(22-11-21-18)25-9-13(3)27-14(4)10-25/h5-8,11-14H,9-10H2,1-4H3,(H,23,24)/t13-,14+. The van der Waals surface area contributed by atoms with Crippen LogP contribution in [0.15, 0.2) is 30.6 Å². The smallest absolute Gasteiger partial charge is 0.132 e. The molecule has 7 nitrogen and oxygen atoms in total. The average molecular weight is 367 g/mol. The summed E-state index contributed by atoms with van der Waals surface area (Å²) in [4.78, 5) is 11.2. The molecule has 142 valence electrons. The molecule has 2 atom stereocenters. The molecular formula is C20H25N5O2. The third kappa shape index (κ3) is 3.73. The van der Waals surface area contributed by atoms with Gasteiger partial charge in [-0.15, -0.1) is 0 Å². The van der Waals surface area contributed by atoms with Crippen molar-refractivity contribution in [2.24, 2.45) is 0 Å². The van der Waals surface area contributed by atoms with Gasteiger partial charge in [0, 0.05) is 24.5 Å². The van der Waals surface area contributed by atoms with Crippen LogP contribution in [-0.4, -0.2) is 51.6 Å². The van der Waals surface area contributed by atoms with Gasteiger partial charge < -0.3 is 14.4 Å². The van der Waals surface area contributed by atoms with Crippen LogP contribution in [-0.2, 0) is 4.74 Å². The van der Waals surface area contributed by atoms with E-state index < -0.39 is 0 Å². The quantitative estimate of drug-likeness (QED) is 0.761. The molecule has 1 N–H and O–H groups in total. The number of H-pyrrole nitrogens is 1. The molecule has 0 unspecified atom stereocenters. The van der Waals surface area contributed by atoms with Crippen molar-refractivity contribution in [2.75, 3.05) is 18.0 Å². The van der Waals surface area contributed by atoms with E-state index in [2.05, 4.69) is 38.9 Å². The van der Waals surface area contributed by atoms with Gasteiger partial charge in [0.15, 0.2) is 0 Å². The molecule has 3 heterocycles. The van der Waals surface area contributed by atoms with Crippen molar-refractivity contribution < 1.29 is 9.47 Å². The minimum absolute atomic E-state index is 0.119. The SMILES string of the molecule is CC(C)Oc1ccc2[nH]nc(-c3cc(N4C[C@@H](C)O[C@@H](C)C4)ncn3)c2c1. The van der Waals surface area contributed by atoms with Crippen LogP contribution in [0.5, 0.6) is 5.75 Å². The second kappa shape index (κ2) is 7.15. The highest BCUT2D eigenvalue weighted by Crippen LogP contribution is 2.30. The van der Waals surface area contributed by atoms with Crippen LogP contribution in [0.3, 0.4) is 0 Å². The number of anilines is 1. The van der Waals surface area contributed by atoms with Crippen molar-refractivity contribution in [3.63, 3.8) is 0 Å². The summed E-state index contributed by atoms with van der Waals surface area (Å²) in [6.45, 7) is 9.83. The summed E-state index contributed by atoms with van der Waals surface area (Å²) < 4.78 is 11.7. The molecule has 2 aromatic heterocycles. The fourth-order valence-corrected chi connectivity index (χ4v) is 3.55. The molecule has 0 saturated carbocycles. The fourth-order valence-electron chi connectivity index (χ4n) is 3.55. The maximum Gasteiger partial charge on any atom is 0.132 e. The Balaban J connectivity index is 1.69. The molecule has 1 aliphatic heterocycles. The van der Waals surface area contributed by atoms with Crippen molar-refractivity contribution in [2.45, 2.75) is 46.0 Å². The molecule has 1 aromatic carbocycles. The van der Waals surface area contributed by atoms with E-state index in [9.17, 15) is 0 Å². The van der Waals surface area contributed by atoms with Gasteiger partial charge in [0.2, 0.25) is 0 Å². The Hall–Kier alpha value is -2.67. The minimum Gasteiger partial charge on any atom is -0.491 e. The van der Waals surface area contributed by atoms with Gasteiger partial charge in [-0.3, -0.25) is 5.10 Å². The Morgan fingerprint density at radius 1 is 1.15 bits per heavy atom. The molecule has 1 fully saturated rings. The number of rotatable bonds is 4. The van der Waals surface area contributed by atoms with Gasteiger partial charge in [-0.1, -0.05) is 0 Å². The normalized spacial score (nSPS) is 20.4. The highest BCUT2D eigenvalue weighted by molar-refractivity contribution is 5.93. The summed E-state index contributed by atoms with van der Waals surface area (Å²) in [5.74, 6) is 1.72. The summed E-state index contributed by atoms with van der Waals surface area (Å²) in [7, 11) is 0. The predicted molar refractivity (Wildman–Crippen MR) is 105 cm³/mol. The molecule has 27 heavy (non-hydrogen) atoms. The number of benzene rings is 1. The van der Waals surface area contributed by atoms with Crippen LogP contribution in [0, 0.1) is 0 Å². The van der Waals surface area contributed by atoms with Crippen LogP contribution in [0.2, 0.25) is 0 Å². The van der Waals surface area contributed by atoms with E-state index in [0.717, 1.165) is 46.9 Å². The number of nitrogens with zero attached hydrogens (tertiary/aromatic N) is 4. The average Bonchev–Trinajstić information content (AvgIpc) is 3.04. The molecule has 1 saturated heterocycles. The van der Waals surface area contributed by atoms with Gasteiger partial charge in [-0.05, 0) is 45.9 Å². The highest BCUT2D eigenvalue weighted by atomic mass is 16.5. The Morgan fingerprint density at radius 3 is 2.67 bits per heavy atom. The first-order valence-corrected chi connectivity index (χ1v) is 9.37. The number of hydrogen-bond donors (Lipinski definition) is 1. The van der Waals surface area contributed by atoms with Crippen LogP contribution < -0.4 is 9.64 Å². The van der Waals surface area contributed by atoms with E-state index in [-0.39, 0.29) is 18.3 Å². The van der Waals surface area contributed by atoms with Gasteiger partial charge in [0.25, 0.3) is 0 Å². The van der Waals surface area contributed by atoms with Crippen LogP contribution >= 0.6 is 0 Å². The summed E-state index contributed by atoms with van der Waals surface area (Å²) >= 11 is 0. The molecule has 3 aromatic rings. The lowest BCUT2D eigenvalue weighted by molar-refractivity contribution is -0.00546. The minimum atomic E-state index is 0.119. The molecule has 1 aliphatic rings. The number of aromatic nitrogens is 4. The number of aromatic amines is 1. The van der Waals surface area contributed by atoms with Gasteiger partial charge in [-0.25, -0.2) is 9.97 Å². The zero-order valence-corrected chi connectivity index (χ0v) is 16.1. The third-order valence-electron chi connectivity index (χ3n) is 4.54. The van der Waals surface area contributed by atoms with Crippen LogP contribution in [0.4, 0.5) is 5.82 Å². The topological polar surface area (TPSA) is 76.2 Å². The van der Waals surface area contributed by atoms with Crippen molar-refractivity contribution in [1.29, 1.82) is 0 Å². The first kappa shape index (κ1) is 17.7. The van der Waals surface area contributed by atoms with Gasteiger partial charge >= 0.3 is 0 Å². The summed E-state index contributed by atoms with van der Waals surface area (Å²) in [6.07, 6.45) is 2.07. The number of hydrogen-bond acceptors (Lipinski definition) is 6. The van der Waals surface area contributed by atoms with E-state index in [1.807, 2.05) is 38.1 Å². The third-order valence-corrected chi connectivity index (χ3v) is 4.54. The lowest BCUT2D eigenvalue weighted by atomic mass is 10.1. The Labute approximate surface area is 158 Å². The maximum atomic E-state index is 5.83. The van der Waals surface area contributed by atoms with E-state index in [1.165, 1.54) is 0 Å². The first-order valence-electron chi connectivity index (χ1n) is 9.37. The second-order valence-corrected chi connectivity index (χ2v) is 7.37. The maximum absolute atomic E-state index is 5.83. The number of fused-ring (bicyclic) bond motifs is 1. The van der Waals surface area contributed by atoms with Crippen molar-refractivity contribution in [3.8, 4) is 17.1 Å². The van der Waals surface area contributed by atoms with Crippen LogP contribution in [0.25, 0.3) is 22.3 Å². The zero-order chi connectivity index (χ0) is 19.0. The Kier molecular flexibility index (Phi) is 4.70. The predicted octanol–water partition coefficient (Wildman–Crippen LogP) is 3.42. The Bertz CT molecular complexity index is 929. The molecule has 4 rings (SSSR count). The molecule has 7 heteroatoms. The van der Waals surface area contributed by atoms with Crippen LogP contribution in [0.1, 0.15) is 27.7 Å². The molecular weight excluding hydrogens is 342 g/mol. The van der Waals surface area contributed by atoms with Crippen molar-refractivity contribution in [1.82, 2.24) is 20.2 Å². The van der Waals surface area contributed by atoms with Crippen molar-refractivity contribution >= 4 is 16.7 Å². The zero-order valence-electron chi connectivity index (χ0n) is 16.1. The highest BCUT2D eigenvalue weighted by Gasteiger charge is 2.24. The van der Waals surface area contributed by atoms with E-state index in [4.69, 9.17) is 9.47 Å². The molecule has 0 spiro atoms. The number of morpholine rings is 1. The second-order valence-electron chi connectivity index (χ2n) is 7.37. The number of ether oxygens (including phenoxy) is 2. The summed E-state index contributed by atoms with van der Waals surface area (Å²) in [5, 5.41) is 8.56. The lowest BCUT2D eigenvalue weighted by Gasteiger charge is -2.36. The molecule has 0 aliphatic carbocycles. The Morgan fingerprint density at radius 2 is 1.93 bits per heavy atom. The van der Waals surface area contributed by atoms with E-state index in [1.54, 1.807) is 6.33 Å². The van der Waals surface area contributed by atoms with E-state index in [0.29, 0.717) is 0 Å². The number of nitrogens with one attached hydrogen (secondary N) is 1. The van der Waals surface area contributed by atoms with Gasteiger partial charge in [-0.2, -0.15) is 5.10 Å². The summed E-state index contributed by atoms with van der Waals surface area (Å²) in [5.41, 5.74) is 2.55. The summed E-state index contributed by atoms with van der Waals surface area (Å²) in [6, 6.07) is 7.94. The van der Waals surface area contributed by atoms with Gasteiger partial charge in [0.05, 0.1) is 29.5 Å². The molecule has 0 radical (unpaired) electrons. The van der Waals surface area contributed by atoms with Gasteiger partial charge in [0.1, 0.15) is 23.6 Å². The largest absolute Gasteiger partial charge is 0.491 e. The monoisotopic (exact) mass is 367 g/mol. The molecule has 0 bridgehead atoms. The lowest BCUT2D eigenvalue weighted by Crippen LogP contribution is -2.45. The fraction of sp³-hybridized carbons (Fsp3) is 0.450.